The number of carbonyl (C=O) groups is 2. The van der Waals surface area contributed by atoms with Gasteiger partial charge in [0.05, 0.1) is 4.32 Å². The number of hydrogen-bond donors (Lipinski definition) is 0. The first kappa shape index (κ1) is 8.67. The molecule has 6 rings (SSSR count). The summed E-state index contributed by atoms with van der Waals surface area (Å²) in [5.74, 6) is 3.25. The van der Waals surface area contributed by atoms with Crippen LogP contribution in [0.15, 0.2) is 0 Å². The molecule has 0 aromatic heterocycles. The summed E-state index contributed by atoms with van der Waals surface area (Å²) in [6.45, 7) is 1.50. The molecular formula is C12H11BrO3. The molecule has 0 aliphatic heterocycles. The molecule has 0 spiro atoms. The lowest BCUT2D eigenvalue weighted by atomic mass is 9.09. The van der Waals surface area contributed by atoms with Gasteiger partial charge in [0.2, 0.25) is 0 Å². The van der Waals surface area contributed by atoms with Crippen molar-refractivity contribution in [1.82, 2.24) is 0 Å². The summed E-state index contributed by atoms with van der Waals surface area (Å²) in [5, 5.41) is 0. The quantitative estimate of drug-likeness (QED) is 0.535. The van der Waals surface area contributed by atoms with Crippen molar-refractivity contribution in [3.8, 4) is 0 Å². The lowest BCUT2D eigenvalue weighted by Gasteiger charge is -2.97. The zero-order valence-corrected chi connectivity index (χ0v) is 10.4. The number of fused-ring (bicyclic) bond motifs is 1. The Morgan fingerprint density at radius 2 is 1.94 bits per heavy atom. The van der Waals surface area contributed by atoms with Crippen LogP contribution in [0.2, 0.25) is 0 Å². The summed E-state index contributed by atoms with van der Waals surface area (Å²) in [7, 11) is 0. The van der Waals surface area contributed by atoms with Crippen molar-refractivity contribution in [3.05, 3.63) is 0 Å². The lowest BCUT2D eigenvalue weighted by Crippen LogP contribution is -3.05. The molecule has 0 amide bonds. The van der Waals surface area contributed by atoms with E-state index in [1.165, 1.54) is 6.92 Å². The Bertz CT molecular complexity index is 465. The number of alkyl halides is 1. The highest BCUT2D eigenvalue weighted by molar-refractivity contribution is 9.10. The van der Waals surface area contributed by atoms with E-state index in [4.69, 9.17) is 4.74 Å². The van der Waals surface area contributed by atoms with Crippen LogP contribution in [0.25, 0.3) is 0 Å². The maximum Gasteiger partial charge on any atom is 0.303 e. The van der Waals surface area contributed by atoms with E-state index in [9.17, 15) is 9.59 Å². The topological polar surface area (TPSA) is 43.4 Å². The van der Waals surface area contributed by atoms with Crippen molar-refractivity contribution in [2.24, 2.45) is 35.5 Å². The monoisotopic (exact) mass is 282 g/mol. The van der Waals surface area contributed by atoms with Crippen molar-refractivity contribution in [1.29, 1.82) is 0 Å². The number of hydrogen-bond acceptors (Lipinski definition) is 3. The van der Waals surface area contributed by atoms with E-state index in [0.29, 0.717) is 47.7 Å². The van der Waals surface area contributed by atoms with Crippen molar-refractivity contribution in [2.75, 3.05) is 0 Å². The van der Waals surface area contributed by atoms with Crippen molar-refractivity contribution < 1.29 is 14.3 Å². The molecule has 0 unspecified atom stereocenters. The normalized spacial score (nSPS) is 70.5. The minimum Gasteiger partial charge on any atom is -0.458 e. The summed E-state index contributed by atoms with van der Waals surface area (Å²) in [6.07, 6.45) is 0.712. The molecule has 6 saturated carbocycles. The molecule has 3 nitrogen and oxygen atoms in total. The van der Waals surface area contributed by atoms with Crippen LogP contribution in [0.5, 0.6) is 0 Å². The number of halogens is 1. The van der Waals surface area contributed by atoms with Crippen LogP contribution < -0.4 is 0 Å². The second kappa shape index (κ2) is 1.92. The highest BCUT2D eigenvalue weighted by atomic mass is 79.9. The van der Waals surface area contributed by atoms with Gasteiger partial charge in [-0.2, -0.15) is 0 Å². The first-order valence-electron chi connectivity index (χ1n) is 5.96. The number of ether oxygens (including phenoxy) is 1. The molecule has 84 valence electrons. The zero-order chi connectivity index (χ0) is 11.0. The molecule has 16 heavy (non-hydrogen) atoms. The largest absolute Gasteiger partial charge is 0.458 e. The fourth-order valence-corrected chi connectivity index (χ4v) is 7.43. The van der Waals surface area contributed by atoms with E-state index >= 15 is 0 Å². The molecule has 0 aromatic rings. The van der Waals surface area contributed by atoms with Gasteiger partial charge in [0.25, 0.3) is 0 Å². The van der Waals surface area contributed by atoms with Gasteiger partial charge in [-0.15, -0.1) is 0 Å². The second-order valence-electron chi connectivity index (χ2n) is 6.14. The molecule has 0 heterocycles. The van der Waals surface area contributed by atoms with Crippen LogP contribution >= 0.6 is 15.9 Å². The van der Waals surface area contributed by atoms with E-state index in [1.807, 2.05) is 0 Å². The van der Waals surface area contributed by atoms with Gasteiger partial charge in [-0.1, -0.05) is 15.9 Å². The van der Waals surface area contributed by atoms with Crippen LogP contribution in [-0.4, -0.2) is 21.7 Å². The fourth-order valence-electron chi connectivity index (χ4n) is 6.13. The first-order valence-corrected chi connectivity index (χ1v) is 6.75. The van der Waals surface area contributed by atoms with Gasteiger partial charge in [-0.25, -0.2) is 0 Å². The summed E-state index contributed by atoms with van der Waals surface area (Å²) in [5.41, 5.74) is -0.107. The van der Waals surface area contributed by atoms with Gasteiger partial charge in [0.15, 0.2) is 0 Å². The smallest absolute Gasteiger partial charge is 0.303 e. The van der Waals surface area contributed by atoms with E-state index in [0.717, 1.165) is 0 Å². The van der Waals surface area contributed by atoms with Crippen LogP contribution in [0.4, 0.5) is 0 Å². The first-order chi connectivity index (χ1) is 7.54. The molecule has 0 radical (unpaired) electrons. The summed E-state index contributed by atoms with van der Waals surface area (Å²) in [4.78, 5) is 23.1. The number of esters is 1. The van der Waals surface area contributed by atoms with Gasteiger partial charge in [0, 0.05) is 31.1 Å². The molecule has 0 N–H and O–H groups in total. The van der Waals surface area contributed by atoms with Crippen LogP contribution in [0.1, 0.15) is 13.3 Å². The average molecular weight is 283 g/mol. The van der Waals surface area contributed by atoms with Crippen LogP contribution in [0.3, 0.4) is 0 Å². The van der Waals surface area contributed by atoms with Crippen LogP contribution in [0, 0.1) is 35.5 Å². The van der Waals surface area contributed by atoms with Gasteiger partial charge in [-0.3, -0.25) is 9.59 Å². The average Bonchev–Trinajstić information content (AvgIpc) is 2.21. The molecule has 4 atom stereocenters. The summed E-state index contributed by atoms with van der Waals surface area (Å²) >= 11 is 3.70. The molecule has 0 aromatic carbocycles. The molecule has 6 aliphatic carbocycles. The Morgan fingerprint density at radius 3 is 2.50 bits per heavy atom. The van der Waals surface area contributed by atoms with Crippen molar-refractivity contribution in [2.45, 2.75) is 23.3 Å². The number of carbonyl (C=O) groups excluding carboxylic acids is 2. The molecule has 0 saturated heterocycles. The Labute approximate surface area is 101 Å². The molecule has 6 aliphatic rings. The van der Waals surface area contributed by atoms with Crippen LogP contribution in [-0.2, 0) is 14.3 Å². The second-order valence-corrected chi connectivity index (χ2v) is 7.45. The third kappa shape index (κ3) is 0.461. The van der Waals surface area contributed by atoms with Crippen molar-refractivity contribution in [3.63, 3.8) is 0 Å². The Kier molecular flexibility index (Phi) is 1.04. The third-order valence-electron chi connectivity index (χ3n) is 6.17. The Morgan fingerprint density at radius 1 is 1.31 bits per heavy atom. The Hall–Kier alpha value is -0.380. The van der Waals surface area contributed by atoms with Gasteiger partial charge in [-0.05, 0) is 17.8 Å². The van der Waals surface area contributed by atoms with E-state index in [1.54, 1.807) is 0 Å². The van der Waals surface area contributed by atoms with E-state index < -0.39 is 0 Å². The lowest BCUT2D eigenvalue weighted by molar-refractivity contribution is -0.501. The predicted molar refractivity (Wildman–Crippen MR) is 56.7 cm³/mol. The summed E-state index contributed by atoms with van der Waals surface area (Å²) < 4.78 is 5.39. The number of ketones is 1. The van der Waals surface area contributed by atoms with E-state index in [-0.39, 0.29) is 15.9 Å². The molecule has 4 heteroatoms. The van der Waals surface area contributed by atoms with Gasteiger partial charge >= 0.3 is 5.97 Å². The maximum atomic E-state index is 12.0. The minimum absolute atomic E-state index is 0.107. The fraction of sp³-hybridized carbons (Fsp3) is 0.833. The maximum absolute atomic E-state index is 12.0. The molecular weight excluding hydrogens is 272 g/mol. The number of rotatable bonds is 1. The number of Topliss-reactive ketones (excluding diaryl/α,β-unsaturated/α-hetero) is 1. The highest BCUT2D eigenvalue weighted by Gasteiger charge is 3.02. The zero-order valence-electron chi connectivity index (χ0n) is 8.77. The van der Waals surface area contributed by atoms with E-state index in [2.05, 4.69) is 15.9 Å². The third-order valence-corrected chi connectivity index (χ3v) is 7.67. The highest BCUT2D eigenvalue weighted by Crippen LogP contribution is 2.96. The molecule has 6 fully saturated rings. The van der Waals surface area contributed by atoms with Gasteiger partial charge < -0.3 is 4.74 Å². The standard InChI is InChI=1S/C12H11BrO3/c1-3(14)16-12-6-4-2-5(15)11(13)8(6)10(12)9(11)7(4)12/h4,6-10H,2H2,1H3/t4?,6-,7-,8+,9+,10?,11?,12?/m1/s1. The summed E-state index contributed by atoms with van der Waals surface area (Å²) in [6, 6.07) is 0. The minimum atomic E-state index is -0.205. The van der Waals surface area contributed by atoms with Gasteiger partial charge in [0.1, 0.15) is 11.4 Å². The molecule has 2 bridgehead atoms. The SMILES string of the molecule is CC(=O)OC12C3[C@@H]4[C@H]1C1CC(=O)C4(Br)[C@H]3[C@@H]12. The Balaban J connectivity index is 1.60. The predicted octanol–water partition coefficient (Wildman–Crippen LogP) is 1.15. The van der Waals surface area contributed by atoms with Crippen molar-refractivity contribution >= 4 is 27.7 Å².